The zero-order valence-electron chi connectivity index (χ0n) is 5.95. The van der Waals surface area contributed by atoms with Gasteiger partial charge in [-0.25, -0.2) is 0 Å². The van der Waals surface area contributed by atoms with E-state index in [1.165, 1.54) is 0 Å². The minimum absolute atomic E-state index is 0.0272. The SMILES string of the molecule is OCCC=C(CO)CCO. The summed E-state index contributed by atoms with van der Waals surface area (Å²) >= 11 is 0. The van der Waals surface area contributed by atoms with Crippen molar-refractivity contribution in [3.05, 3.63) is 11.6 Å². The quantitative estimate of drug-likeness (QED) is 0.465. The van der Waals surface area contributed by atoms with Crippen LogP contribution in [0.3, 0.4) is 0 Å². The Morgan fingerprint density at radius 1 is 1.10 bits per heavy atom. The van der Waals surface area contributed by atoms with E-state index in [0.29, 0.717) is 12.8 Å². The maximum Gasteiger partial charge on any atom is 0.0642 e. The lowest BCUT2D eigenvalue weighted by Gasteiger charge is -1.99. The molecule has 0 aromatic heterocycles. The van der Waals surface area contributed by atoms with Crippen molar-refractivity contribution in [3.63, 3.8) is 0 Å². The van der Waals surface area contributed by atoms with Crippen LogP contribution in [-0.4, -0.2) is 35.1 Å². The first kappa shape index (κ1) is 9.62. The van der Waals surface area contributed by atoms with Crippen LogP contribution in [0.4, 0.5) is 0 Å². The Morgan fingerprint density at radius 3 is 2.20 bits per heavy atom. The van der Waals surface area contributed by atoms with Gasteiger partial charge in [-0.15, -0.1) is 0 Å². The first-order valence-electron chi connectivity index (χ1n) is 3.35. The average molecular weight is 146 g/mol. The smallest absolute Gasteiger partial charge is 0.0642 e. The van der Waals surface area contributed by atoms with Gasteiger partial charge in [-0.05, 0) is 18.4 Å². The fraction of sp³-hybridized carbons (Fsp3) is 0.714. The number of hydrogen-bond donors (Lipinski definition) is 3. The van der Waals surface area contributed by atoms with E-state index in [1.54, 1.807) is 6.08 Å². The van der Waals surface area contributed by atoms with Gasteiger partial charge in [-0.3, -0.25) is 0 Å². The van der Waals surface area contributed by atoms with Crippen LogP contribution in [0.2, 0.25) is 0 Å². The molecule has 10 heavy (non-hydrogen) atoms. The maximum absolute atomic E-state index is 8.62. The van der Waals surface area contributed by atoms with Crippen LogP contribution in [0.25, 0.3) is 0 Å². The summed E-state index contributed by atoms with van der Waals surface area (Å²) in [6, 6.07) is 0. The third-order valence-corrected chi connectivity index (χ3v) is 1.20. The van der Waals surface area contributed by atoms with Gasteiger partial charge in [0.2, 0.25) is 0 Å². The van der Waals surface area contributed by atoms with Gasteiger partial charge in [0, 0.05) is 13.2 Å². The van der Waals surface area contributed by atoms with Crippen molar-refractivity contribution < 1.29 is 15.3 Å². The Morgan fingerprint density at radius 2 is 1.80 bits per heavy atom. The molecule has 0 radical (unpaired) electrons. The predicted molar refractivity (Wildman–Crippen MR) is 38.6 cm³/mol. The summed E-state index contributed by atoms with van der Waals surface area (Å²) in [5.74, 6) is 0. The van der Waals surface area contributed by atoms with Crippen LogP contribution in [0, 0.1) is 0 Å². The summed E-state index contributed by atoms with van der Waals surface area (Å²) in [6.45, 7) is 0.118. The highest BCUT2D eigenvalue weighted by atomic mass is 16.3. The molecule has 0 saturated heterocycles. The molecule has 0 spiro atoms. The molecule has 0 unspecified atom stereocenters. The standard InChI is InChI=1S/C7H14O3/c8-4-1-2-7(6-10)3-5-9/h2,8-10H,1,3-6H2. The van der Waals surface area contributed by atoms with Gasteiger partial charge in [0.15, 0.2) is 0 Å². The van der Waals surface area contributed by atoms with E-state index in [1.807, 2.05) is 0 Å². The summed E-state index contributed by atoms with van der Waals surface area (Å²) in [5, 5.41) is 25.5. The van der Waals surface area contributed by atoms with Crippen LogP contribution in [0.15, 0.2) is 11.6 Å². The lowest BCUT2D eigenvalue weighted by atomic mass is 10.2. The van der Waals surface area contributed by atoms with Crippen LogP contribution < -0.4 is 0 Å². The molecule has 0 amide bonds. The number of aliphatic hydroxyl groups excluding tert-OH is 3. The third kappa shape index (κ3) is 4.49. The second kappa shape index (κ2) is 6.74. The van der Waals surface area contributed by atoms with Gasteiger partial charge in [-0.1, -0.05) is 6.08 Å². The van der Waals surface area contributed by atoms with Crippen molar-refractivity contribution in [1.82, 2.24) is 0 Å². The average Bonchev–Trinajstić information content (AvgIpc) is 1.98. The molecule has 0 heterocycles. The lowest BCUT2D eigenvalue weighted by molar-refractivity contribution is 0.276. The van der Waals surface area contributed by atoms with Gasteiger partial charge in [0.25, 0.3) is 0 Å². The topological polar surface area (TPSA) is 60.7 Å². The second-order valence-electron chi connectivity index (χ2n) is 2.01. The Bertz CT molecular complexity index is 99.0. The molecular formula is C7H14O3. The molecule has 0 saturated carbocycles. The zero-order valence-corrected chi connectivity index (χ0v) is 5.95. The van der Waals surface area contributed by atoms with Gasteiger partial charge >= 0.3 is 0 Å². The highest BCUT2D eigenvalue weighted by molar-refractivity contribution is 5.01. The Labute approximate surface area is 60.6 Å². The number of rotatable bonds is 5. The van der Waals surface area contributed by atoms with Crippen molar-refractivity contribution in [2.75, 3.05) is 19.8 Å². The van der Waals surface area contributed by atoms with Crippen LogP contribution in [0.5, 0.6) is 0 Å². The summed E-state index contributed by atoms with van der Waals surface area (Å²) in [7, 11) is 0. The third-order valence-electron chi connectivity index (χ3n) is 1.20. The minimum atomic E-state index is -0.0272. The van der Waals surface area contributed by atoms with Crippen LogP contribution in [-0.2, 0) is 0 Å². The maximum atomic E-state index is 8.62. The normalized spacial score (nSPS) is 12.1. The molecule has 60 valence electrons. The first-order valence-corrected chi connectivity index (χ1v) is 3.35. The van der Waals surface area contributed by atoms with E-state index >= 15 is 0 Å². The van der Waals surface area contributed by atoms with Crippen molar-refractivity contribution in [2.45, 2.75) is 12.8 Å². The van der Waals surface area contributed by atoms with Crippen LogP contribution in [0.1, 0.15) is 12.8 Å². The molecule has 0 fully saturated rings. The van der Waals surface area contributed by atoms with E-state index in [9.17, 15) is 0 Å². The molecule has 3 N–H and O–H groups in total. The van der Waals surface area contributed by atoms with Crippen molar-refractivity contribution in [1.29, 1.82) is 0 Å². The van der Waals surface area contributed by atoms with Gasteiger partial charge in [0.05, 0.1) is 6.61 Å². The fourth-order valence-corrected chi connectivity index (χ4v) is 0.658. The Balaban J connectivity index is 3.55. The summed E-state index contributed by atoms with van der Waals surface area (Å²) < 4.78 is 0. The summed E-state index contributed by atoms with van der Waals surface area (Å²) in [4.78, 5) is 0. The molecule has 0 aromatic carbocycles. The predicted octanol–water partition coefficient (Wildman–Crippen LogP) is -0.330. The van der Waals surface area contributed by atoms with E-state index in [0.717, 1.165) is 5.57 Å². The molecule has 0 bridgehead atoms. The van der Waals surface area contributed by atoms with Crippen molar-refractivity contribution in [3.8, 4) is 0 Å². The molecule has 0 aliphatic rings. The molecule has 0 aliphatic carbocycles. The van der Waals surface area contributed by atoms with Gasteiger partial charge < -0.3 is 15.3 Å². The lowest BCUT2D eigenvalue weighted by Crippen LogP contribution is -1.94. The largest absolute Gasteiger partial charge is 0.396 e. The number of aliphatic hydroxyl groups is 3. The zero-order chi connectivity index (χ0) is 7.82. The summed E-state index contributed by atoms with van der Waals surface area (Å²) in [5.41, 5.74) is 0.788. The van der Waals surface area contributed by atoms with Crippen molar-refractivity contribution >= 4 is 0 Å². The second-order valence-corrected chi connectivity index (χ2v) is 2.01. The van der Waals surface area contributed by atoms with Crippen LogP contribution >= 0.6 is 0 Å². The highest BCUT2D eigenvalue weighted by Gasteiger charge is 1.92. The molecule has 3 nitrogen and oxygen atoms in total. The molecule has 0 aromatic rings. The monoisotopic (exact) mass is 146 g/mol. The molecule has 0 rings (SSSR count). The fourth-order valence-electron chi connectivity index (χ4n) is 0.658. The molecule has 0 aliphatic heterocycles. The molecule has 3 heteroatoms. The van der Waals surface area contributed by atoms with E-state index in [4.69, 9.17) is 15.3 Å². The Hall–Kier alpha value is -0.380. The van der Waals surface area contributed by atoms with E-state index < -0.39 is 0 Å². The van der Waals surface area contributed by atoms with E-state index in [2.05, 4.69) is 0 Å². The van der Waals surface area contributed by atoms with Gasteiger partial charge in [-0.2, -0.15) is 0 Å². The minimum Gasteiger partial charge on any atom is -0.396 e. The Kier molecular flexibility index (Phi) is 6.48. The number of hydrogen-bond acceptors (Lipinski definition) is 3. The highest BCUT2D eigenvalue weighted by Crippen LogP contribution is 1.99. The van der Waals surface area contributed by atoms with Crippen molar-refractivity contribution in [2.24, 2.45) is 0 Å². The molecule has 0 atom stereocenters. The molecular weight excluding hydrogens is 132 g/mol. The summed E-state index contributed by atoms with van der Waals surface area (Å²) in [6.07, 6.45) is 2.79. The first-order chi connectivity index (χ1) is 4.85. The van der Waals surface area contributed by atoms with Gasteiger partial charge in [0.1, 0.15) is 0 Å². The van der Waals surface area contributed by atoms with E-state index in [-0.39, 0.29) is 19.8 Å².